The minimum Gasteiger partial charge on any atom is -0.493 e. The molecule has 0 radical (unpaired) electrons. The molecule has 0 aliphatic carbocycles. The van der Waals surface area contributed by atoms with Crippen LogP contribution in [0.5, 0.6) is 11.5 Å². The van der Waals surface area contributed by atoms with Crippen LogP contribution >= 0.6 is 0 Å². The molecule has 0 spiro atoms. The quantitative estimate of drug-likeness (QED) is 0.410. The Hall–Kier alpha value is -3.31. The largest absolute Gasteiger partial charge is 0.493 e. The molecule has 1 aromatic carbocycles. The van der Waals surface area contributed by atoms with Gasteiger partial charge in [-0.15, -0.1) is 0 Å². The molecule has 0 saturated carbocycles. The van der Waals surface area contributed by atoms with Crippen LogP contribution in [0.3, 0.4) is 0 Å². The summed E-state index contributed by atoms with van der Waals surface area (Å²) >= 11 is 0. The van der Waals surface area contributed by atoms with Crippen LogP contribution in [0.15, 0.2) is 27.8 Å². The Morgan fingerprint density at radius 2 is 1.84 bits per heavy atom. The number of hydrogen-bond donors (Lipinski definition) is 3. The maximum absolute atomic E-state index is 12.7. The first-order valence-corrected chi connectivity index (χ1v) is 9.72. The van der Waals surface area contributed by atoms with Crippen LogP contribution in [-0.2, 0) is 27.1 Å². The predicted octanol–water partition coefficient (Wildman–Crippen LogP) is -0.541. The van der Waals surface area contributed by atoms with Gasteiger partial charge in [-0.05, 0) is 24.1 Å². The highest BCUT2D eigenvalue weighted by Crippen LogP contribution is 2.27. The van der Waals surface area contributed by atoms with E-state index in [1.165, 1.54) is 23.2 Å². The molecule has 31 heavy (non-hydrogen) atoms. The molecule has 11 heteroatoms. The Morgan fingerprint density at radius 3 is 2.48 bits per heavy atom. The highest BCUT2D eigenvalue weighted by atomic mass is 16.5. The number of imidazole rings is 1. The van der Waals surface area contributed by atoms with Crippen molar-refractivity contribution < 1.29 is 19.7 Å². The first-order chi connectivity index (χ1) is 14.8. The summed E-state index contributed by atoms with van der Waals surface area (Å²) in [4.78, 5) is 29.4. The zero-order chi connectivity index (χ0) is 22.7. The third-order valence-corrected chi connectivity index (χ3v) is 5.10. The molecule has 11 nitrogen and oxygen atoms in total. The Morgan fingerprint density at radius 1 is 1.13 bits per heavy atom. The van der Waals surface area contributed by atoms with E-state index in [0.29, 0.717) is 30.4 Å². The summed E-state index contributed by atoms with van der Waals surface area (Å²) in [7, 11) is 6.05. The molecule has 2 heterocycles. The van der Waals surface area contributed by atoms with Gasteiger partial charge in [-0.3, -0.25) is 13.9 Å². The smallest absolute Gasteiger partial charge is 0.332 e. The zero-order valence-electron chi connectivity index (χ0n) is 18.0. The number of fused-ring (bicyclic) bond motifs is 1. The molecule has 0 bridgehead atoms. The predicted molar refractivity (Wildman–Crippen MR) is 115 cm³/mol. The second-order valence-corrected chi connectivity index (χ2v) is 7.13. The maximum atomic E-state index is 12.7. The molecule has 0 amide bonds. The van der Waals surface area contributed by atoms with Gasteiger partial charge < -0.3 is 29.6 Å². The molecule has 0 aliphatic rings. The summed E-state index contributed by atoms with van der Waals surface area (Å²) in [5, 5.41) is 22.4. The fraction of sp³-hybridized carbons (Fsp3) is 0.450. The Bertz CT molecular complexity index is 1200. The van der Waals surface area contributed by atoms with Crippen LogP contribution in [-0.4, -0.2) is 62.4 Å². The van der Waals surface area contributed by atoms with Gasteiger partial charge in [-0.25, -0.2) is 4.79 Å². The van der Waals surface area contributed by atoms with Crippen molar-refractivity contribution in [2.24, 2.45) is 14.1 Å². The first-order valence-electron chi connectivity index (χ1n) is 9.72. The lowest BCUT2D eigenvalue weighted by Crippen LogP contribution is -2.38. The van der Waals surface area contributed by atoms with Crippen molar-refractivity contribution >= 4 is 17.1 Å². The number of benzene rings is 1. The van der Waals surface area contributed by atoms with Gasteiger partial charge in [0.25, 0.3) is 5.56 Å². The normalized spacial score (nSPS) is 12.2. The van der Waals surface area contributed by atoms with Crippen molar-refractivity contribution in [2.75, 3.05) is 32.7 Å². The summed E-state index contributed by atoms with van der Waals surface area (Å²) < 4.78 is 14.3. The third kappa shape index (κ3) is 4.28. The molecule has 3 rings (SSSR count). The average Bonchev–Trinajstić information content (AvgIpc) is 3.14. The number of aliphatic hydroxyl groups excluding tert-OH is 2. The summed E-state index contributed by atoms with van der Waals surface area (Å²) in [6, 6.07) is 5.61. The summed E-state index contributed by atoms with van der Waals surface area (Å²) in [5.41, 5.74) is 0.342. The number of aliphatic hydroxyl groups is 2. The van der Waals surface area contributed by atoms with Crippen molar-refractivity contribution in [3.05, 3.63) is 44.6 Å². The molecule has 0 aliphatic heterocycles. The molecule has 3 aromatic rings. The van der Waals surface area contributed by atoms with Gasteiger partial charge >= 0.3 is 5.69 Å². The molecule has 0 fully saturated rings. The average molecular weight is 433 g/mol. The van der Waals surface area contributed by atoms with Crippen molar-refractivity contribution in [3.8, 4) is 11.5 Å². The van der Waals surface area contributed by atoms with Crippen LogP contribution in [0.2, 0.25) is 0 Å². The lowest BCUT2D eigenvalue weighted by molar-refractivity contribution is 0.0824. The highest BCUT2D eigenvalue weighted by molar-refractivity contribution is 5.74. The molecule has 168 valence electrons. The maximum Gasteiger partial charge on any atom is 0.332 e. The SMILES string of the molecule is COc1ccc(CCNc2nc3c(c(=O)n(C)c(=O)n3C)n2CC(O)CO)cc1OC. The van der Waals surface area contributed by atoms with Crippen LogP contribution < -0.4 is 26.0 Å². The van der Waals surface area contributed by atoms with E-state index in [0.717, 1.165) is 10.1 Å². The number of nitrogens with one attached hydrogen (secondary N) is 1. The number of ether oxygens (including phenoxy) is 2. The second kappa shape index (κ2) is 9.23. The van der Waals surface area contributed by atoms with Gasteiger partial charge in [0.1, 0.15) is 0 Å². The Kier molecular flexibility index (Phi) is 6.66. The van der Waals surface area contributed by atoms with Gasteiger partial charge in [-0.2, -0.15) is 4.98 Å². The van der Waals surface area contributed by atoms with E-state index >= 15 is 0 Å². The first kappa shape index (κ1) is 22.4. The number of nitrogens with zero attached hydrogens (tertiary/aromatic N) is 4. The van der Waals surface area contributed by atoms with E-state index < -0.39 is 24.0 Å². The van der Waals surface area contributed by atoms with E-state index in [4.69, 9.17) is 9.47 Å². The highest BCUT2D eigenvalue weighted by Gasteiger charge is 2.20. The van der Waals surface area contributed by atoms with Crippen molar-refractivity contribution in [3.63, 3.8) is 0 Å². The second-order valence-electron chi connectivity index (χ2n) is 7.13. The van der Waals surface area contributed by atoms with E-state index in [-0.39, 0.29) is 17.7 Å². The van der Waals surface area contributed by atoms with Gasteiger partial charge in [0.15, 0.2) is 22.7 Å². The van der Waals surface area contributed by atoms with E-state index in [1.807, 2.05) is 18.2 Å². The lowest BCUT2D eigenvalue weighted by atomic mass is 10.1. The van der Waals surface area contributed by atoms with E-state index in [9.17, 15) is 19.8 Å². The number of aryl methyl sites for hydroxylation is 1. The van der Waals surface area contributed by atoms with Gasteiger partial charge in [-0.1, -0.05) is 6.07 Å². The number of methoxy groups -OCH3 is 2. The number of rotatable bonds is 9. The summed E-state index contributed by atoms with van der Waals surface area (Å²) in [6.07, 6.45) is -0.478. The molecule has 3 N–H and O–H groups in total. The van der Waals surface area contributed by atoms with Gasteiger partial charge in [0.2, 0.25) is 5.95 Å². The fourth-order valence-electron chi connectivity index (χ4n) is 3.38. The number of hydrogen-bond acceptors (Lipinski definition) is 8. The minimum atomic E-state index is -1.09. The van der Waals surface area contributed by atoms with Crippen molar-refractivity contribution in [1.82, 2.24) is 18.7 Å². The molecule has 1 unspecified atom stereocenters. The lowest BCUT2D eigenvalue weighted by Gasteiger charge is -2.14. The minimum absolute atomic E-state index is 0.0564. The van der Waals surface area contributed by atoms with Gasteiger partial charge in [0, 0.05) is 20.6 Å². The third-order valence-electron chi connectivity index (χ3n) is 5.10. The van der Waals surface area contributed by atoms with Crippen LogP contribution in [0.25, 0.3) is 11.2 Å². The van der Waals surface area contributed by atoms with Gasteiger partial charge in [0.05, 0.1) is 33.5 Å². The fourth-order valence-corrected chi connectivity index (χ4v) is 3.38. The molecule has 0 saturated heterocycles. The topological polar surface area (TPSA) is 133 Å². The monoisotopic (exact) mass is 433 g/mol. The van der Waals surface area contributed by atoms with Crippen molar-refractivity contribution in [1.29, 1.82) is 0 Å². The van der Waals surface area contributed by atoms with Crippen LogP contribution in [0, 0.1) is 0 Å². The number of aromatic nitrogens is 4. The molecular weight excluding hydrogens is 406 g/mol. The number of anilines is 1. The van der Waals surface area contributed by atoms with E-state index in [1.54, 1.807) is 14.2 Å². The summed E-state index contributed by atoms with van der Waals surface area (Å²) in [6.45, 7) is -0.0712. The summed E-state index contributed by atoms with van der Waals surface area (Å²) in [5.74, 6) is 1.58. The van der Waals surface area contributed by atoms with E-state index in [2.05, 4.69) is 10.3 Å². The van der Waals surface area contributed by atoms with Crippen LogP contribution in [0.1, 0.15) is 5.56 Å². The van der Waals surface area contributed by atoms with Crippen LogP contribution in [0.4, 0.5) is 5.95 Å². The molecule has 1 atom stereocenters. The molecular formula is C20H27N5O6. The molecule has 2 aromatic heterocycles. The Balaban J connectivity index is 1.93. The zero-order valence-corrected chi connectivity index (χ0v) is 18.0. The Labute approximate surface area is 178 Å². The van der Waals surface area contributed by atoms with Crippen molar-refractivity contribution in [2.45, 2.75) is 19.1 Å². The standard InChI is InChI=1S/C20H27N5O6/c1-23-17-16(18(28)24(2)20(23)29)25(10-13(27)11-26)19(22-17)21-8-7-12-5-6-14(30-3)15(9-12)31-4/h5-6,9,13,26-27H,7-8,10-11H2,1-4H3,(H,21,22).